The number of hydrogen-bond donors (Lipinski definition) is 1. The van der Waals surface area contributed by atoms with E-state index in [2.05, 4.69) is 70.0 Å². The van der Waals surface area contributed by atoms with Crippen molar-refractivity contribution < 1.29 is 9.90 Å². The standard InChI is InChI=1S/C23H35NO2/c1-17(12-13-21-19(3)11-8-15-23(21,5)6)9-7-10-18(2)14-16-24-20(4)22(25)26/h7,9-10,12-13,16,18,20H,8,11,14-15H2,1-6H3,(H,25,26)/b10-7+,13-12+,17-9+,24-16?/t18?,20-/m0/s1. The van der Waals surface area contributed by atoms with E-state index in [-0.39, 0.29) is 5.41 Å². The number of carboxylic acid groups (broad SMARTS) is 1. The van der Waals surface area contributed by atoms with Gasteiger partial charge in [-0.25, -0.2) is 4.79 Å². The quantitative estimate of drug-likeness (QED) is 0.419. The molecule has 0 bridgehead atoms. The summed E-state index contributed by atoms with van der Waals surface area (Å²) in [6.07, 6.45) is 17.0. The molecule has 0 heterocycles. The van der Waals surface area contributed by atoms with E-state index in [1.54, 1.807) is 13.1 Å². The van der Waals surface area contributed by atoms with E-state index in [4.69, 9.17) is 5.11 Å². The maximum Gasteiger partial charge on any atom is 0.328 e. The van der Waals surface area contributed by atoms with Crippen LogP contribution >= 0.6 is 0 Å². The molecule has 0 amide bonds. The highest BCUT2D eigenvalue weighted by molar-refractivity contribution is 5.75. The normalized spacial score (nSPS) is 21.1. The second-order valence-corrected chi connectivity index (χ2v) is 8.12. The Labute approximate surface area is 159 Å². The molecule has 0 aromatic carbocycles. The van der Waals surface area contributed by atoms with Crippen LogP contribution in [0.4, 0.5) is 0 Å². The van der Waals surface area contributed by atoms with E-state index in [0.29, 0.717) is 5.92 Å². The van der Waals surface area contributed by atoms with Gasteiger partial charge >= 0.3 is 5.97 Å². The molecule has 3 nitrogen and oxygen atoms in total. The van der Waals surface area contributed by atoms with Crippen molar-refractivity contribution in [2.75, 3.05) is 0 Å². The van der Waals surface area contributed by atoms with E-state index in [9.17, 15) is 4.79 Å². The van der Waals surface area contributed by atoms with Crippen LogP contribution in [0.15, 0.2) is 52.1 Å². The molecule has 1 aliphatic rings. The summed E-state index contributed by atoms with van der Waals surface area (Å²) in [6, 6.07) is -0.666. The van der Waals surface area contributed by atoms with Crippen LogP contribution in [0.3, 0.4) is 0 Å². The molecule has 1 N–H and O–H groups in total. The Balaban J connectivity index is 2.59. The van der Waals surface area contributed by atoms with Crippen LogP contribution in [0.1, 0.15) is 67.2 Å². The number of nitrogens with zero attached hydrogens (tertiary/aromatic N) is 1. The van der Waals surface area contributed by atoms with Crippen molar-refractivity contribution in [1.29, 1.82) is 0 Å². The molecule has 26 heavy (non-hydrogen) atoms. The molecule has 1 aliphatic carbocycles. The summed E-state index contributed by atoms with van der Waals surface area (Å²) in [6.45, 7) is 12.7. The first-order chi connectivity index (χ1) is 12.1. The molecule has 144 valence electrons. The van der Waals surface area contributed by atoms with Crippen molar-refractivity contribution >= 4 is 12.2 Å². The fraction of sp³-hybridized carbons (Fsp3) is 0.565. The number of hydrogen-bond acceptors (Lipinski definition) is 2. The van der Waals surface area contributed by atoms with Gasteiger partial charge in [-0.3, -0.25) is 4.99 Å². The number of aliphatic carboxylic acids is 1. The molecule has 0 aromatic heterocycles. The molecule has 0 radical (unpaired) electrons. The lowest BCUT2D eigenvalue weighted by Crippen LogP contribution is -2.19. The zero-order valence-electron chi connectivity index (χ0n) is 17.2. The summed E-state index contributed by atoms with van der Waals surface area (Å²) in [4.78, 5) is 14.7. The van der Waals surface area contributed by atoms with Crippen molar-refractivity contribution in [3.63, 3.8) is 0 Å². The van der Waals surface area contributed by atoms with Crippen LogP contribution in [0.2, 0.25) is 0 Å². The Morgan fingerprint density at radius 2 is 2.04 bits per heavy atom. The van der Waals surface area contributed by atoms with Gasteiger partial charge in [0.1, 0.15) is 6.04 Å². The first-order valence-corrected chi connectivity index (χ1v) is 9.61. The predicted molar refractivity (Wildman–Crippen MR) is 112 cm³/mol. The third kappa shape index (κ3) is 7.55. The highest BCUT2D eigenvalue weighted by atomic mass is 16.4. The van der Waals surface area contributed by atoms with Gasteiger partial charge in [0, 0.05) is 6.21 Å². The van der Waals surface area contributed by atoms with Crippen LogP contribution in [0.5, 0.6) is 0 Å². The van der Waals surface area contributed by atoms with Gasteiger partial charge in [-0.2, -0.15) is 0 Å². The maximum atomic E-state index is 10.7. The highest BCUT2D eigenvalue weighted by Gasteiger charge is 2.26. The fourth-order valence-electron chi connectivity index (χ4n) is 3.21. The van der Waals surface area contributed by atoms with E-state index in [1.165, 1.54) is 36.0 Å². The summed E-state index contributed by atoms with van der Waals surface area (Å²) in [5.41, 5.74) is 4.50. The van der Waals surface area contributed by atoms with Gasteiger partial charge in [-0.05, 0) is 63.4 Å². The molecule has 3 heteroatoms. The van der Waals surface area contributed by atoms with Gasteiger partial charge in [0.05, 0.1) is 0 Å². The van der Waals surface area contributed by atoms with Crippen molar-refractivity contribution in [1.82, 2.24) is 0 Å². The molecular formula is C23H35NO2. The number of allylic oxidation sites excluding steroid dienone is 8. The Morgan fingerprint density at radius 3 is 2.65 bits per heavy atom. The van der Waals surface area contributed by atoms with E-state index < -0.39 is 12.0 Å². The third-order valence-corrected chi connectivity index (χ3v) is 5.02. The first-order valence-electron chi connectivity index (χ1n) is 9.61. The Bertz CT molecular complexity index is 633. The average Bonchev–Trinajstić information content (AvgIpc) is 2.53. The van der Waals surface area contributed by atoms with E-state index in [1.807, 2.05) is 0 Å². The molecule has 2 atom stereocenters. The molecule has 0 saturated heterocycles. The number of aliphatic imine (C=N–C) groups is 1. The molecule has 0 saturated carbocycles. The summed E-state index contributed by atoms with van der Waals surface area (Å²) in [5.74, 6) is -0.559. The Hall–Kier alpha value is -1.90. The summed E-state index contributed by atoms with van der Waals surface area (Å²) in [7, 11) is 0. The zero-order valence-corrected chi connectivity index (χ0v) is 17.2. The van der Waals surface area contributed by atoms with Gasteiger partial charge in [-0.15, -0.1) is 0 Å². The first kappa shape index (κ1) is 22.1. The van der Waals surface area contributed by atoms with Crippen molar-refractivity contribution in [2.24, 2.45) is 16.3 Å². The molecule has 0 fully saturated rings. The topological polar surface area (TPSA) is 49.7 Å². The minimum absolute atomic E-state index is 0.274. The largest absolute Gasteiger partial charge is 0.480 e. The van der Waals surface area contributed by atoms with E-state index >= 15 is 0 Å². The van der Waals surface area contributed by atoms with Crippen LogP contribution in [-0.2, 0) is 4.79 Å². The predicted octanol–water partition coefficient (Wildman–Crippen LogP) is 6.14. The lowest BCUT2D eigenvalue weighted by Gasteiger charge is -2.32. The van der Waals surface area contributed by atoms with Crippen molar-refractivity contribution in [2.45, 2.75) is 73.3 Å². The van der Waals surface area contributed by atoms with Gasteiger partial charge in [0.15, 0.2) is 0 Å². The number of carboxylic acids is 1. The fourth-order valence-corrected chi connectivity index (χ4v) is 3.21. The van der Waals surface area contributed by atoms with Gasteiger partial charge in [-0.1, -0.05) is 62.3 Å². The minimum atomic E-state index is -0.888. The Morgan fingerprint density at radius 1 is 1.35 bits per heavy atom. The van der Waals surface area contributed by atoms with Crippen molar-refractivity contribution in [3.8, 4) is 0 Å². The smallest absolute Gasteiger partial charge is 0.328 e. The molecule has 0 aromatic rings. The molecule has 1 unspecified atom stereocenters. The lowest BCUT2D eigenvalue weighted by atomic mass is 9.72. The van der Waals surface area contributed by atoms with Crippen LogP contribution < -0.4 is 0 Å². The summed E-state index contributed by atoms with van der Waals surface area (Å²) < 4.78 is 0. The third-order valence-electron chi connectivity index (χ3n) is 5.02. The van der Waals surface area contributed by atoms with Gasteiger partial charge in [0.2, 0.25) is 0 Å². The Kier molecular flexibility index (Phi) is 8.77. The van der Waals surface area contributed by atoms with Gasteiger partial charge in [0.25, 0.3) is 0 Å². The van der Waals surface area contributed by atoms with Crippen LogP contribution in [-0.4, -0.2) is 23.3 Å². The summed E-state index contributed by atoms with van der Waals surface area (Å²) in [5, 5.41) is 8.80. The maximum absolute atomic E-state index is 10.7. The average molecular weight is 358 g/mol. The number of rotatable bonds is 8. The van der Waals surface area contributed by atoms with Crippen LogP contribution in [0.25, 0.3) is 0 Å². The molecule has 1 rings (SSSR count). The van der Waals surface area contributed by atoms with Crippen molar-refractivity contribution in [3.05, 3.63) is 47.1 Å². The zero-order chi connectivity index (χ0) is 19.7. The molecular weight excluding hydrogens is 322 g/mol. The lowest BCUT2D eigenvalue weighted by molar-refractivity contribution is -0.137. The highest BCUT2D eigenvalue weighted by Crippen LogP contribution is 2.40. The van der Waals surface area contributed by atoms with Gasteiger partial charge < -0.3 is 5.11 Å². The molecule has 0 spiro atoms. The SMILES string of the molecule is CC1=C(/C=C/C(C)=C/C=C/C(C)CC=N[C@@H](C)C(=O)O)C(C)(C)CCC1. The minimum Gasteiger partial charge on any atom is -0.480 e. The second kappa shape index (κ2) is 10.3. The second-order valence-electron chi connectivity index (χ2n) is 8.12. The van der Waals surface area contributed by atoms with E-state index in [0.717, 1.165) is 6.42 Å². The monoisotopic (exact) mass is 357 g/mol. The molecule has 0 aliphatic heterocycles. The van der Waals surface area contributed by atoms with Crippen LogP contribution in [0, 0.1) is 11.3 Å². The number of carbonyl (C=O) groups is 1. The summed E-state index contributed by atoms with van der Waals surface area (Å²) >= 11 is 0.